The Bertz CT molecular complexity index is 437. The van der Waals surface area contributed by atoms with Crippen molar-refractivity contribution in [2.75, 3.05) is 43.6 Å². The van der Waals surface area contributed by atoms with Crippen LogP contribution in [0.3, 0.4) is 0 Å². The summed E-state index contributed by atoms with van der Waals surface area (Å²) in [5.74, 6) is 1.12. The van der Waals surface area contributed by atoms with E-state index < -0.39 is 0 Å². The van der Waals surface area contributed by atoms with Gasteiger partial charge in [0.05, 0.1) is 0 Å². The minimum absolute atomic E-state index is 0.0878. The molecule has 0 spiro atoms. The van der Waals surface area contributed by atoms with Crippen LogP contribution in [-0.2, 0) is 4.74 Å². The molecule has 0 unspecified atom stereocenters. The number of nitrogens with one attached hydrogen (secondary N) is 1. The van der Waals surface area contributed by atoms with Gasteiger partial charge in [0.1, 0.15) is 0 Å². The molecule has 0 bridgehead atoms. The fourth-order valence-corrected chi connectivity index (χ4v) is 2.01. The molecule has 7 heteroatoms. The molecular weight excluding hydrogens is 290 g/mol. The molecule has 1 aromatic heterocycles. The van der Waals surface area contributed by atoms with Gasteiger partial charge in [-0.15, -0.1) is 0 Å². The third-order valence-electron chi connectivity index (χ3n) is 3.35. The highest BCUT2D eigenvalue weighted by Gasteiger charge is 2.18. The van der Waals surface area contributed by atoms with E-state index in [-0.39, 0.29) is 10.7 Å². The van der Waals surface area contributed by atoms with Gasteiger partial charge in [-0.1, -0.05) is 13.8 Å². The first-order chi connectivity index (χ1) is 9.91. The van der Waals surface area contributed by atoms with Crippen LogP contribution in [0.5, 0.6) is 0 Å². The van der Waals surface area contributed by atoms with Crippen molar-refractivity contribution in [2.45, 2.75) is 34.1 Å². The zero-order valence-corrected chi connectivity index (χ0v) is 14.4. The van der Waals surface area contributed by atoms with Crippen LogP contribution in [0.25, 0.3) is 0 Å². The zero-order valence-electron chi connectivity index (χ0n) is 13.6. The van der Waals surface area contributed by atoms with E-state index in [9.17, 15) is 0 Å². The van der Waals surface area contributed by atoms with E-state index in [2.05, 4.69) is 48.0 Å². The lowest BCUT2D eigenvalue weighted by Gasteiger charge is -2.25. The van der Waals surface area contributed by atoms with E-state index in [1.54, 1.807) is 7.11 Å². The average molecular weight is 316 g/mol. The molecule has 0 atom stereocenters. The number of hydrogen-bond acceptors (Lipinski definition) is 6. The van der Waals surface area contributed by atoms with Crippen molar-refractivity contribution in [3.63, 3.8) is 0 Å². The fraction of sp³-hybridized carbons (Fsp3) is 0.786. The minimum Gasteiger partial charge on any atom is -0.385 e. The van der Waals surface area contributed by atoms with Crippen molar-refractivity contribution in [3.05, 3.63) is 5.28 Å². The third-order valence-corrected chi connectivity index (χ3v) is 3.52. The molecule has 21 heavy (non-hydrogen) atoms. The summed E-state index contributed by atoms with van der Waals surface area (Å²) < 4.78 is 5.13. The molecule has 1 rings (SSSR count). The Labute approximate surface area is 132 Å². The molecule has 0 aliphatic heterocycles. The Morgan fingerprint density at radius 1 is 1.19 bits per heavy atom. The first-order valence-electron chi connectivity index (χ1n) is 7.31. The standard InChI is InChI=1S/C14H26ClN5O/c1-6-20(7-2)13-18-11(15)17-12(19-13)16-10-14(3,4)8-9-21-5/h6-10H2,1-5H3,(H,16,17,18,19). The number of aromatic nitrogens is 3. The fourth-order valence-electron chi connectivity index (χ4n) is 1.85. The van der Waals surface area contributed by atoms with Crippen LogP contribution < -0.4 is 10.2 Å². The molecule has 0 aliphatic carbocycles. The zero-order chi connectivity index (χ0) is 15.9. The number of anilines is 2. The Morgan fingerprint density at radius 3 is 2.43 bits per heavy atom. The quantitative estimate of drug-likeness (QED) is 0.756. The topological polar surface area (TPSA) is 63.2 Å². The van der Waals surface area contributed by atoms with Gasteiger partial charge in [0.25, 0.3) is 0 Å². The highest BCUT2D eigenvalue weighted by Crippen LogP contribution is 2.21. The second-order valence-electron chi connectivity index (χ2n) is 5.66. The van der Waals surface area contributed by atoms with Crippen LogP contribution in [-0.4, -0.2) is 48.3 Å². The van der Waals surface area contributed by atoms with Gasteiger partial charge in [-0.3, -0.25) is 0 Å². The van der Waals surface area contributed by atoms with Crippen molar-refractivity contribution in [1.82, 2.24) is 15.0 Å². The number of nitrogens with zero attached hydrogens (tertiary/aromatic N) is 4. The van der Waals surface area contributed by atoms with Gasteiger partial charge < -0.3 is 15.0 Å². The summed E-state index contributed by atoms with van der Waals surface area (Å²) in [6.07, 6.45) is 0.957. The Morgan fingerprint density at radius 2 is 1.86 bits per heavy atom. The first kappa shape index (κ1) is 17.9. The summed E-state index contributed by atoms with van der Waals surface area (Å²) in [5.41, 5.74) is 0.0878. The van der Waals surface area contributed by atoms with E-state index in [1.165, 1.54) is 0 Å². The van der Waals surface area contributed by atoms with E-state index in [0.29, 0.717) is 11.9 Å². The summed E-state index contributed by atoms with van der Waals surface area (Å²) in [6, 6.07) is 0. The predicted octanol–water partition coefficient (Wildman–Crippen LogP) is 2.85. The Hall–Kier alpha value is -1.14. The van der Waals surface area contributed by atoms with Gasteiger partial charge in [0, 0.05) is 33.4 Å². The van der Waals surface area contributed by atoms with Gasteiger partial charge in [-0.2, -0.15) is 15.0 Å². The minimum atomic E-state index is 0.0878. The number of halogens is 1. The lowest BCUT2D eigenvalue weighted by molar-refractivity contribution is 0.157. The van der Waals surface area contributed by atoms with Gasteiger partial charge >= 0.3 is 0 Å². The lowest BCUT2D eigenvalue weighted by Crippen LogP contribution is -2.27. The smallest absolute Gasteiger partial charge is 0.231 e. The van der Waals surface area contributed by atoms with Crippen molar-refractivity contribution < 1.29 is 4.74 Å². The lowest BCUT2D eigenvalue weighted by atomic mass is 9.90. The van der Waals surface area contributed by atoms with E-state index in [0.717, 1.165) is 32.7 Å². The molecule has 0 aliphatic rings. The second-order valence-corrected chi connectivity index (χ2v) is 6.00. The number of rotatable bonds is 9. The van der Waals surface area contributed by atoms with Crippen molar-refractivity contribution in [3.8, 4) is 0 Å². The summed E-state index contributed by atoms with van der Waals surface area (Å²) in [4.78, 5) is 14.8. The molecule has 0 saturated heterocycles. The van der Waals surface area contributed by atoms with Gasteiger partial charge in [0.15, 0.2) is 0 Å². The molecular formula is C14H26ClN5O. The van der Waals surface area contributed by atoms with Crippen LogP contribution in [0, 0.1) is 5.41 Å². The first-order valence-corrected chi connectivity index (χ1v) is 7.69. The average Bonchev–Trinajstić information content (AvgIpc) is 2.44. The summed E-state index contributed by atoms with van der Waals surface area (Å²) in [7, 11) is 1.71. The van der Waals surface area contributed by atoms with Crippen molar-refractivity contribution in [2.24, 2.45) is 5.41 Å². The molecule has 6 nitrogen and oxygen atoms in total. The van der Waals surface area contributed by atoms with Gasteiger partial charge in [-0.25, -0.2) is 0 Å². The third kappa shape index (κ3) is 6.01. The van der Waals surface area contributed by atoms with Crippen LogP contribution >= 0.6 is 11.6 Å². The predicted molar refractivity (Wildman–Crippen MR) is 87.2 cm³/mol. The van der Waals surface area contributed by atoms with Crippen LogP contribution in [0.2, 0.25) is 5.28 Å². The highest BCUT2D eigenvalue weighted by molar-refractivity contribution is 6.28. The maximum absolute atomic E-state index is 5.99. The summed E-state index contributed by atoms with van der Waals surface area (Å²) >= 11 is 5.99. The molecule has 0 amide bonds. The van der Waals surface area contributed by atoms with Crippen molar-refractivity contribution >= 4 is 23.5 Å². The van der Waals surface area contributed by atoms with Gasteiger partial charge in [-0.05, 0) is 37.3 Å². The Kier molecular flexibility index (Phi) is 7.11. The summed E-state index contributed by atoms with van der Waals surface area (Å²) in [5, 5.41) is 3.46. The maximum Gasteiger partial charge on any atom is 0.231 e. The molecule has 0 saturated carbocycles. The highest BCUT2D eigenvalue weighted by atomic mass is 35.5. The van der Waals surface area contributed by atoms with E-state index in [4.69, 9.17) is 16.3 Å². The molecule has 0 fully saturated rings. The Balaban J connectivity index is 2.75. The largest absolute Gasteiger partial charge is 0.385 e. The molecule has 0 aromatic carbocycles. The SMILES string of the molecule is CCN(CC)c1nc(Cl)nc(NCC(C)(C)CCOC)n1. The van der Waals surface area contributed by atoms with E-state index >= 15 is 0 Å². The van der Waals surface area contributed by atoms with Crippen LogP contribution in [0.15, 0.2) is 0 Å². The number of ether oxygens (including phenoxy) is 1. The van der Waals surface area contributed by atoms with Crippen LogP contribution in [0.4, 0.5) is 11.9 Å². The monoisotopic (exact) mass is 315 g/mol. The molecule has 1 heterocycles. The summed E-state index contributed by atoms with van der Waals surface area (Å²) in [6.45, 7) is 11.6. The van der Waals surface area contributed by atoms with Gasteiger partial charge in [0.2, 0.25) is 17.2 Å². The molecule has 1 N–H and O–H groups in total. The second kappa shape index (κ2) is 8.34. The normalized spacial score (nSPS) is 11.5. The number of methoxy groups -OCH3 is 1. The molecule has 0 radical (unpaired) electrons. The van der Waals surface area contributed by atoms with Crippen molar-refractivity contribution in [1.29, 1.82) is 0 Å². The van der Waals surface area contributed by atoms with E-state index in [1.807, 2.05) is 4.90 Å². The maximum atomic E-state index is 5.99. The van der Waals surface area contributed by atoms with Crippen LogP contribution in [0.1, 0.15) is 34.1 Å². The number of hydrogen-bond donors (Lipinski definition) is 1. The molecule has 1 aromatic rings. The molecule has 120 valence electrons.